The van der Waals surface area contributed by atoms with Crippen LogP contribution in [0, 0.1) is 0 Å². The van der Waals surface area contributed by atoms with Gasteiger partial charge in [0, 0.05) is 6.54 Å². The first-order valence-corrected chi connectivity index (χ1v) is 4.96. The lowest BCUT2D eigenvalue weighted by atomic mass is 10.2. The zero-order valence-corrected chi connectivity index (χ0v) is 7.33. The Labute approximate surface area is 74.2 Å². The van der Waals surface area contributed by atoms with Crippen molar-refractivity contribution in [3.8, 4) is 0 Å². The van der Waals surface area contributed by atoms with Gasteiger partial charge in [-0.25, -0.2) is 0 Å². The topological polar surface area (TPSA) is 38.2 Å². The first-order chi connectivity index (χ1) is 5.93. The number of hydrogen-bond acceptors (Lipinski definition) is 5. The molecule has 2 saturated heterocycles. The van der Waals surface area contributed by atoms with Gasteiger partial charge in [0.25, 0.3) is 0 Å². The Hall–Kier alpha value is -0.680. The van der Waals surface area contributed by atoms with E-state index < -0.39 is 0 Å². The van der Waals surface area contributed by atoms with E-state index in [2.05, 4.69) is 15.1 Å². The highest BCUT2D eigenvalue weighted by Gasteiger charge is 2.40. The maximum atomic E-state index is 5.49. The molecular weight excluding hydrogens is 174 g/mol. The summed E-state index contributed by atoms with van der Waals surface area (Å²) in [6.45, 7) is 1.87. The van der Waals surface area contributed by atoms with Crippen LogP contribution in [0.2, 0.25) is 0 Å². The van der Waals surface area contributed by atoms with Gasteiger partial charge in [0.05, 0.1) is 18.8 Å². The zero-order chi connectivity index (χ0) is 7.97. The van der Waals surface area contributed by atoms with Crippen LogP contribution in [0.1, 0.15) is 6.42 Å². The van der Waals surface area contributed by atoms with Crippen molar-refractivity contribution >= 4 is 16.5 Å². The monoisotopic (exact) mass is 183 g/mol. The second-order valence-electron chi connectivity index (χ2n) is 3.22. The Morgan fingerprint density at radius 3 is 3.25 bits per heavy atom. The van der Waals surface area contributed by atoms with E-state index in [1.54, 1.807) is 16.8 Å². The van der Waals surface area contributed by atoms with Crippen molar-refractivity contribution in [2.24, 2.45) is 0 Å². The first-order valence-electron chi connectivity index (χ1n) is 4.08. The number of anilines is 1. The molecule has 3 rings (SSSR count). The van der Waals surface area contributed by atoms with E-state index in [1.807, 2.05) is 0 Å². The Bertz CT molecular complexity index is 276. The Morgan fingerprint density at radius 2 is 2.67 bits per heavy atom. The smallest absolute Gasteiger partial charge is 0.208 e. The van der Waals surface area contributed by atoms with Crippen molar-refractivity contribution in [2.45, 2.75) is 18.6 Å². The van der Waals surface area contributed by atoms with Gasteiger partial charge in [-0.05, 0) is 6.42 Å². The summed E-state index contributed by atoms with van der Waals surface area (Å²) < 4.78 is 5.49. The molecule has 3 heterocycles. The lowest BCUT2D eigenvalue weighted by Crippen LogP contribution is -2.36. The van der Waals surface area contributed by atoms with E-state index >= 15 is 0 Å². The fourth-order valence-corrected chi connectivity index (χ4v) is 2.57. The summed E-state index contributed by atoms with van der Waals surface area (Å²) >= 11 is 1.61. The van der Waals surface area contributed by atoms with Gasteiger partial charge in [-0.1, -0.05) is 11.3 Å². The van der Waals surface area contributed by atoms with Gasteiger partial charge in [-0.15, -0.1) is 10.2 Å². The van der Waals surface area contributed by atoms with Crippen LogP contribution < -0.4 is 4.90 Å². The molecule has 0 N–H and O–H groups in total. The van der Waals surface area contributed by atoms with Gasteiger partial charge in [0.2, 0.25) is 5.13 Å². The van der Waals surface area contributed by atoms with Gasteiger partial charge in [0.15, 0.2) is 0 Å². The lowest BCUT2D eigenvalue weighted by Gasteiger charge is -2.25. The minimum atomic E-state index is 0.443. The van der Waals surface area contributed by atoms with Gasteiger partial charge in [-0.2, -0.15) is 0 Å². The highest BCUT2D eigenvalue weighted by Crippen LogP contribution is 2.32. The molecule has 1 aromatic heterocycles. The quantitative estimate of drug-likeness (QED) is 0.636. The van der Waals surface area contributed by atoms with Crippen LogP contribution >= 0.6 is 11.3 Å². The van der Waals surface area contributed by atoms with Gasteiger partial charge < -0.3 is 9.64 Å². The SMILES string of the molecule is c1nnc(N2C[C@H]3C[C@H]2CO3)s1. The highest BCUT2D eigenvalue weighted by atomic mass is 32.1. The molecule has 0 aromatic carbocycles. The van der Waals surface area contributed by atoms with Crippen LogP contribution in [-0.2, 0) is 4.74 Å². The second kappa shape index (κ2) is 2.40. The van der Waals surface area contributed by atoms with Crippen molar-refractivity contribution in [1.29, 1.82) is 0 Å². The van der Waals surface area contributed by atoms with Crippen molar-refractivity contribution in [3.05, 3.63) is 5.51 Å². The van der Waals surface area contributed by atoms with Crippen LogP contribution in [-0.4, -0.2) is 35.5 Å². The van der Waals surface area contributed by atoms with Crippen LogP contribution in [0.4, 0.5) is 5.13 Å². The Balaban J connectivity index is 1.87. The van der Waals surface area contributed by atoms with Gasteiger partial charge in [0.1, 0.15) is 5.51 Å². The number of morpholine rings is 1. The summed E-state index contributed by atoms with van der Waals surface area (Å²) in [7, 11) is 0. The molecule has 0 aliphatic carbocycles. The molecule has 4 nitrogen and oxygen atoms in total. The number of fused-ring (bicyclic) bond motifs is 2. The van der Waals surface area contributed by atoms with E-state index in [4.69, 9.17) is 4.74 Å². The number of aromatic nitrogens is 2. The molecule has 2 aliphatic rings. The van der Waals surface area contributed by atoms with E-state index in [-0.39, 0.29) is 0 Å². The van der Waals surface area contributed by atoms with Crippen LogP contribution in [0.25, 0.3) is 0 Å². The Kier molecular flexibility index (Phi) is 1.36. The molecule has 2 aliphatic heterocycles. The molecule has 0 amide bonds. The van der Waals surface area contributed by atoms with E-state index in [9.17, 15) is 0 Å². The second-order valence-corrected chi connectivity index (χ2v) is 4.03. The summed E-state index contributed by atoms with van der Waals surface area (Å²) in [5, 5.41) is 8.94. The third-order valence-corrected chi connectivity index (χ3v) is 3.22. The number of rotatable bonds is 1. The fourth-order valence-electron chi connectivity index (χ4n) is 1.93. The summed E-state index contributed by atoms with van der Waals surface area (Å²) in [4.78, 5) is 2.31. The fraction of sp³-hybridized carbons (Fsp3) is 0.714. The molecule has 0 spiro atoms. The molecule has 2 bridgehead atoms. The maximum absolute atomic E-state index is 5.49. The standard InChI is InChI=1S/C7H9N3OS/c1-5-3-11-6(1)2-10(5)7-9-8-4-12-7/h4-6H,1-3H2/t5-,6+/m0/s1. The summed E-state index contributed by atoms with van der Waals surface area (Å²) in [5.41, 5.74) is 1.78. The third-order valence-electron chi connectivity index (χ3n) is 2.49. The van der Waals surface area contributed by atoms with Crippen LogP contribution in [0.3, 0.4) is 0 Å². The minimum absolute atomic E-state index is 0.443. The molecule has 2 fully saturated rings. The van der Waals surface area contributed by atoms with E-state index in [1.165, 1.54) is 6.42 Å². The average molecular weight is 183 g/mol. The number of hydrogen-bond donors (Lipinski definition) is 0. The molecule has 0 radical (unpaired) electrons. The van der Waals surface area contributed by atoms with Crippen molar-refractivity contribution in [1.82, 2.24) is 10.2 Å². The normalized spacial score (nSPS) is 33.2. The molecular formula is C7H9N3OS. The maximum Gasteiger partial charge on any atom is 0.208 e. The molecule has 0 unspecified atom stereocenters. The molecule has 64 valence electrons. The number of ether oxygens (including phenoxy) is 1. The number of nitrogens with zero attached hydrogens (tertiary/aromatic N) is 3. The predicted molar refractivity (Wildman–Crippen MR) is 45.4 cm³/mol. The van der Waals surface area contributed by atoms with Crippen molar-refractivity contribution < 1.29 is 4.74 Å². The van der Waals surface area contributed by atoms with E-state index in [0.717, 1.165) is 18.3 Å². The summed E-state index contributed by atoms with van der Waals surface area (Å²) in [5.74, 6) is 0. The largest absolute Gasteiger partial charge is 0.374 e. The van der Waals surface area contributed by atoms with Crippen molar-refractivity contribution in [3.63, 3.8) is 0 Å². The van der Waals surface area contributed by atoms with Crippen LogP contribution in [0.15, 0.2) is 5.51 Å². The Morgan fingerprint density at radius 1 is 1.67 bits per heavy atom. The molecule has 1 aromatic rings. The van der Waals surface area contributed by atoms with Gasteiger partial charge >= 0.3 is 0 Å². The minimum Gasteiger partial charge on any atom is -0.374 e. The summed E-state index contributed by atoms with van der Waals surface area (Å²) in [6, 6.07) is 0.558. The third kappa shape index (κ3) is 0.864. The molecule has 12 heavy (non-hydrogen) atoms. The highest BCUT2D eigenvalue weighted by molar-refractivity contribution is 7.13. The predicted octanol–water partition coefficient (Wildman–Crippen LogP) is 0.516. The van der Waals surface area contributed by atoms with Gasteiger partial charge in [-0.3, -0.25) is 0 Å². The van der Waals surface area contributed by atoms with E-state index in [0.29, 0.717) is 12.1 Å². The molecule has 2 atom stereocenters. The van der Waals surface area contributed by atoms with Crippen molar-refractivity contribution in [2.75, 3.05) is 18.1 Å². The van der Waals surface area contributed by atoms with Crippen LogP contribution in [0.5, 0.6) is 0 Å². The molecule has 5 heteroatoms. The zero-order valence-electron chi connectivity index (χ0n) is 6.51. The average Bonchev–Trinajstić information content (AvgIpc) is 2.81. The summed E-state index contributed by atoms with van der Waals surface area (Å²) in [6.07, 6.45) is 1.61. The molecule has 0 saturated carbocycles. The first kappa shape index (κ1) is 6.80. The lowest BCUT2D eigenvalue weighted by molar-refractivity contribution is 0.0991.